The molecule has 0 bridgehead atoms. The normalized spacial score (nSPS) is 20.3. The van der Waals surface area contributed by atoms with Crippen LogP contribution in [0.4, 0.5) is 0 Å². The molecule has 0 radical (unpaired) electrons. The summed E-state index contributed by atoms with van der Waals surface area (Å²) in [5, 5.41) is 2.98. The van der Waals surface area contributed by atoms with E-state index in [-0.39, 0.29) is 30.4 Å². The lowest BCUT2D eigenvalue weighted by Crippen LogP contribution is -2.47. The first-order chi connectivity index (χ1) is 13.0. The number of benzene rings is 1. The molecule has 1 aromatic rings. The molecule has 146 valence electrons. The number of hydrogen-bond donors (Lipinski definition) is 1. The fourth-order valence-corrected chi connectivity index (χ4v) is 4.08. The van der Waals surface area contributed by atoms with Gasteiger partial charge in [-0.2, -0.15) is 0 Å². The van der Waals surface area contributed by atoms with Crippen molar-refractivity contribution in [2.75, 3.05) is 13.2 Å². The number of nitrogens with zero attached hydrogens (tertiary/aromatic N) is 1. The molecular formula is C21H28N2O4. The first-order valence-corrected chi connectivity index (χ1v) is 9.80. The van der Waals surface area contributed by atoms with Gasteiger partial charge in [-0.1, -0.05) is 38.1 Å². The number of amides is 2. The summed E-state index contributed by atoms with van der Waals surface area (Å²) in [5.74, 6) is -0.888. The molecule has 1 aliphatic carbocycles. The molecule has 2 atom stereocenters. The molecule has 0 spiro atoms. The van der Waals surface area contributed by atoms with Gasteiger partial charge in [0.1, 0.15) is 6.04 Å². The second-order valence-corrected chi connectivity index (χ2v) is 7.70. The lowest BCUT2D eigenvalue weighted by atomic mass is 9.88. The predicted molar refractivity (Wildman–Crippen MR) is 101 cm³/mol. The zero-order chi connectivity index (χ0) is 19.4. The highest BCUT2D eigenvalue weighted by molar-refractivity contribution is 5.87. The molecular weight excluding hydrogens is 344 g/mol. The second kappa shape index (κ2) is 8.55. The Bertz CT molecular complexity index is 716. The third kappa shape index (κ3) is 4.49. The first-order valence-electron chi connectivity index (χ1n) is 9.80. The highest BCUT2D eigenvalue weighted by atomic mass is 16.5. The van der Waals surface area contributed by atoms with Crippen LogP contribution in [0.5, 0.6) is 0 Å². The van der Waals surface area contributed by atoms with Crippen LogP contribution in [0.1, 0.15) is 56.7 Å². The quantitative estimate of drug-likeness (QED) is 0.778. The van der Waals surface area contributed by atoms with Crippen molar-refractivity contribution in [1.82, 2.24) is 10.2 Å². The summed E-state index contributed by atoms with van der Waals surface area (Å²) in [5.41, 5.74) is 2.41. The van der Waals surface area contributed by atoms with Crippen LogP contribution in [0, 0.1) is 5.92 Å². The number of ether oxygens (including phenoxy) is 1. The SMILES string of the molecule is CC(C)C(C(=O)OCC(=O)NC1CCCc2ccccc21)N1CCCC1=O. The molecule has 1 aromatic carbocycles. The minimum atomic E-state index is -0.622. The molecule has 2 amide bonds. The van der Waals surface area contributed by atoms with Crippen LogP contribution in [-0.2, 0) is 25.5 Å². The molecule has 2 aliphatic rings. The summed E-state index contributed by atoms with van der Waals surface area (Å²) < 4.78 is 5.27. The Morgan fingerprint density at radius 1 is 1.22 bits per heavy atom. The molecule has 1 N–H and O–H groups in total. The molecule has 6 nitrogen and oxygen atoms in total. The van der Waals surface area contributed by atoms with E-state index in [0.717, 1.165) is 31.2 Å². The van der Waals surface area contributed by atoms with Crippen molar-refractivity contribution in [2.24, 2.45) is 5.92 Å². The van der Waals surface area contributed by atoms with E-state index in [2.05, 4.69) is 11.4 Å². The van der Waals surface area contributed by atoms with Crippen LogP contribution in [0.3, 0.4) is 0 Å². The molecule has 6 heteroatoms. The summed E-state index contributed by atoms with van der Waals surface area (Å²) in [6, 6.07) is 7.46. The van der Waals surface area contributed by atoms with E-state index < -0.39 is 12.0 Å². The summed E-state index contributed by atoms with van der Waals surface area (Å²) in [4.78, 5) is 38.4. The Labute approximate surface area is 160 Å². The minimum absolute atomic E-state index is 0.0195. The van der Waals surface area contributed by atoms with Gasteiger partial charge >= 0.3 is 5.97 Å². The molecule has 1 saturated heterocycles. The van der Waals surface area contributed by atoms with Crippen LogP contribution >= 0.6 is 0 Å². The van der Waals surface area contributed by atoms with Gasteiger partial charge in [0, 0.05) is 13.0 Å². The van der Waals surface area contributed by atoms with E-state index >= 15 is 0 Å². The number of nitrogens with one attached hydrogen (secondary N) is 1. The first kappa shape index (κ1) is 19.4. The maximum atomic E-state index is 12.5. The molecule has 1 heterocycles. The highest BCUT2D eigenvalue weighted by Gasteiger charge is 2.36. The lowest BCUT2D eigenvalue weighted by molar-refractivity contribution is -0.158. The zero-order valence-corrected chi connectivity index (χ0v) is 16.1. The van der Waals surface area contributed by atoms with Crippen LogP contribution in [0.15, 0.2) is 24.3 Å². The maximum absolute atomic E-state index is 12.5. The predicted octanol–water partition coefficient (Wildman–Crippen LogP) is 2.37. The molecule has 0 saturated carbocycles. The molecule has 1 fully saturated rings. The number of fused-ring (bicyclic) bond motifs is 1. The minimum Gasteiger partial charge on any atom is -0.454 e. The summed E-state index contributed by atoms with van der Waals surface area (Å²) in [6.07, 6.45) is 4.16. The summed E-state index contributed by atoms with van der Waals surface area (Å²) in [6.45, 7) is 4.03. The highest BCUT2D eigenvalue weighted by Crippen LogP contribution is 2.29. The van der Waals surface area contributed by atoms with Gasteiger partial charge in [-0.3, -0.25) is 9.59 Å². The number of rotatable bonds is 6. The van der Waals surface area contributed by atoms with E-state index in [4.69, 9.17) is 4.74 Å². The van der Waals surface area contributed by atoms with Crippen molar-refractivity contribution in [3.8, 4) is 0 Å². The number of likely N-dealkylation sites (tertiary alicyclic amines) is 1. The van der Waals surface area contributed by atoms with Gasteiger partial charge in [0.05, 0.1) is 6.04 Å². The van der Waals surface area contributed by atoms with Gasteiger partial charge in [-0.15, -0.1) is 0 Å². The largest absolute Gasteiger partial charge is 0.454 e. The average Bonchev–Trinajstić information content (AvgIpc) is 3.06. The topological polar surface area (TPSA) is 75.7 Å². The van der Waals surface area contributed by atoms with Gasteiger partial charge in [-0.05, 0) is 42.7 Å². The van der Waals surface area contributed by atoms with Gasteiger partial charge in [-0.25, -0.2) is 4.79 Å². The van der Waals surface area contributed by atoms with Crippen LogP contribution in [0.25, 0.3) is 0 Å². The Morgan fingerprint density at radius 2 is 2.00 bits per heavy atom. The number of carbonyl (C=O) groups is 3. The van der Waals surface area contributed by atoms with Gasteiger partial charge < -0.3 is 15.0 Å². The summed E-state index contributed by atoms with van der Waals surface area (Å²) >= 11 is 0. The van der Waals surface area contributed by atoms with Crippen molar-refractivity contribution in [1.29, 1.82) is 0 Å². The molecule has 1 aliphatic heterocycles. The van der Waals surface area contributed by atoms with E-state index in [1.807, 2.05) is 32.0 Å². The molecule has 3 rings (SSSR count). The monoisotopic (exact) mass is 372 g/mol. The fourth-order valence-electron chi connectivity index (χ4n) is 4.08. The van der Waals surface area contributed by atoms with E-state index in [0.29, 0.717) is 13.0 Å². The van der Waals surface area contributed by atoms with Crippen molar-refractivity contribution >= 4 is 17.8 Å². The third-order valence-electron chi connectivity index (χ3n) is 5.37. The molecule has 27 heavy (non-hydrogen) atoms. The fraction of sp³-hybridized carbons (Fsp3) is 0.571. The standard InChI is InChI=1S/C21H28N2O4/c1-14(2)20(23-12-6-11-19(23)25)21(26)27-13-18(24)22-17-10-5-8-15-7-3-4-9-16(15)17/h3-4,7,9,14,17,20H,5-6,8,10-13H2,1-2H3,(H,22,24). The van der Waals surface area contributed by atoms with Crippen molar-refractivity contribution in [3.63, 3.8) is 0 Å². The van der Waals surface area contributed by atoms with E-state index in [1.165, 1.54) is 5.56 Å². The van der Waals surface area contributed by atoms with E-state index in [9.17, 15) is 14.4 Å². The van der Waals surface area contributed by atoms with E-state index in [1.54, 1.807) is 4.90 Å². The average molecular weight is 372 g/mol. The van der Waals surface area contributed by atoms with Crippen molar-refractivity contribution in [2.45, 2.75) is 58.0 Å². The number of hydrogen-bond acceptors (Lipinski definition) is 4. The number of esters is 1. The van der Waals surface area contributed by atoms with Crippen LogP contribution in [0.2, 0.25) is 0 Å². The second-order valence-electron chi connectivity index (χ2n) is 7.70. The maximum Gasteiger partial charge on any atom is 0.329 e. The van der Waals surface area contributed by atoms with Crippen molar-refractivity contribution in [3.05, 3.63) is 35.4 Å². The number of carbonyl (C=O) groups excluding carboxylic acids is 3. The van der Waals surface area contributed by atoms with Gasteiger partial charge in [0.15, 0.2) is 6.61 Å². The van der Waals surface area contributed by atoms with Gasteiger partial charge in [0.2, 0.25) is 5.91 Å². The Kier molecular flexibility index (Phi) is 6.14. The Morgan fingerprint density at radius 3 is 2.70 bits per heavy atom. The third-order valence-corrected chi connectivity index (χ3v) is 5.37. The Balaban J connectivity index is 1.56. The summed E-state index contributed by atoms with van der Waals surface area (Å²) in [7, 11) is 0. The molecule has 0 aromatic heterocycles. The smallest absolute Gasteiger partial charge is 0.329 e. The van der Waals surface area contributed by atoms with Crippen molar-refractivity contribution < 1.29 is 19.1 Å². The molecule has 2 unspecified atom stereocenters. The Hall–Kier alpha value is -2.37. The van der Waals surface area contributed by atoms with Crippen LogP contribution < -0.4 is 5.32 Å². The zero-order valence-electron chi connectivity index (χ0n) is 16.1. The lowest BCUT2D eigenvalue weighted by Gasteiger charge is -2.29. The number of aryl methyl sites for hydroxylation is 1. The van der Waals surface area contributed by atoms with Crippen LogP contribution in [-0.4, -0.2) is 41.9 Å². The van der Waals surface area contributed by atoms with Gasteiger partial charge in [0.25, 0.3) is 5.91 Å².